The van der Waals surface area contributed by atoms with E-state index in [1.54, 1.807) is 53.4 Å². The first-order valence-corrected chi connectivity index (χ1v) is 10.00. The van der Waals surface area contributed by atoms with Crippen LogP contribution in [0.4, 0.5) is 5.69 Å². The Hall–Kier alpha value is -3.15. The van der Waals surface area contributed by atoms with Crippen molar-refractivity contribution in [2.45, 2.75) is 32.7 Å². The van der Waals surface area contributed by atoms with Crippen LogP contribution in [0.2, 0.25) is 0 Å². The highest BCUT2D eigenvalue weighted by atomic mass is 16.2. The lowest BCUT2D eigenvalue weighted by molar-refractivity contribution is -0.126. The van der Waals surface area contributed by atoms with E-state index in [0.29, 0.717) is 29.9 Å². The van der Waals surface area contributed by atoms with Gasteiger partial charge in [-0.2, -0.15) is 0 Å². The maximum absolute atomic E-state index is 13.0. The third kappa shape index (κ3) is 5.44. The van der Waals surface area contributed by atoms with E-state index in [9.17, 15) is 14.4 Å². The number of carbonyl (C=O) groups excluding carboxylic acids is 3. The Morgan fingerprint density at radius 1 is 1.00 bits per heavy atom. The van der Waals surface area contributed by atoms with Crippen molar-refractivity contribution in [3.63, 3.8) is 0 Å². The molecule has 1 fully saturated rings. The normalized spacial score (nSPS) is 16.4. The molecule has 0 aliphatic carbocycles. The Balaban J connectivity index is 1.67. The van der Waals surface area contributed by atoms with Crippen molar-refractivity contribution >= 4 is 23.4 Å². The zero-order valence-electron chi connectivity index (χ0n) is 16.9. The minimum atomic E-state index is -0.224. The van der Waals surface area contributed by atoms with Crippen molar-refractivity contribution in [3.8, 4) is 0 Å². The molecule has 1 aliphatic heterocycles. The summed E-state index contributed by atoms with van der Waals surface area (Å²) in [4.78, 5) is 39.4. The second-order valence-corrected chi connectivity index (χ2v) is 7.65. The van der Waals surface area contributed by atoms with Gasteiger partial charge in [-0.3, -0.25) is 14.4 Å². The Kier molecular flexibility index (Phi) is 6.65. The van der Waals surface area contributed by atoms with Gasteiger partial charge in [-0.25, -0.2) is 0 Å². The topological polar surface area (TPSA) is 78.5 Å². The van der Waals surface area contributed by atoms with Gasteiger partial charge in [0.15, 0.2) is 0 Å². The third-order valence-corrected chi connectivity index (χ3v) is 4.91. The quantitative estimate of drug-likeness (QED) is 0.818. The fraction of sp³-hybridized carbons (Fsp3) is 0.348. The highest BCUT2D eigenvalue weighted by Gasteiger charge is 2.29. The first-order valence-electron chi connectivity index (χ1n) is 10.00. The van der Waals surface area contributed by atoms with E-state index in [0.717, 1.165) is 12.8 Å². The van der Waals surface area contributed by atoms with Crippen LogP contribution in [0.1, 0.15) is 47.4 Å². The Morgan fingerprint density at radius 3 is 2.45 bits per heavy atom. The van der Waals surface area contributed by atoms with E-state index in [2.05, 4.69) is 10.6 Å². The van der Waals surface area contributed by atoms with Gasteiger partial charge in [0.1, 0.15) is 0 Å². The first kappa shape index (κ1) is 20.6. The smallest absolute Gasteiger partial charge is 0.255 e. The molecule has 29 heavy (non-hydrogen) atoms. The Bertz CT molecular complexity index is 880. The molecule has 0 saturated carbocycles. The van der Waals surface area contributed by atoms with Gasteiger partial charge in [0.25, 0.3) is 11.8 Å². The van der Waals surface area contributed by atoms with E-state index in [4.69, 9.17) is 0 Å². The van der Waals surface area contributed by atoms with Gasteiger partial charge < -0.3 is 15.5 Å². The Labute approximate surface area is 171 Å². The third-order valence-electron chi connectivity index (χ3n) is 4.91. The summed E-state index contributed by atoms with van der Waals surface area (Å²) in [5.41, 5.74) is 1.62. The molecule has 0 bridgehead atoms. The lowest BCUT2D eigenvalue weighted by Crippen LogP contribution is -2.46. The molecule has 0 radical (unpaired) electrons. The van der Waals surface area contributed by atoms with Gasteiger partial charge >= 0.3 is 0 Å². The maximum Gasteiger partial charge on any atom is 0.255 e. The standard InChI is InChI=1S/C23H27N3O3/c1-16(2)24-22(28)19-11-7-13-26(15-19)23(29)18-10-6-12-20(14-18)25-21(27)17-8-4-3-5-9-17/h3-6,8-10,12,14,16,19H,7,11,13,15H2,1-2H3,(H,24,28)(H,25,27). The summed E-state index contributed by atoms with van der Waals surface area (Å²) >= 11 is 0. The molecule has 3 amide bonds. The predicted molar refractivity (Wildman–Crippen MR) is 113 cm³/mol. The number of nitrogens with zero attached hydrogens (tertiary/aromatic N) is 1. The summed E-state index contributed by atoms with van der Waals surface area (Å²) in [6.45, 7) is 4.90. The van der Waals surface area contributed by atoms with E-state index >= 15 is 0 Å². The van der Waals surface area contributed by atoms with Crippen LogP contribution in [-0.4, -0.2) is 41.8 Å². The molecule has 0 aromatic heterocycles. The molecule has 2 N–H and O–H groups in total. The molecule has 2 aromatic rings. The van der Waals surface area contributed by atoms with Crippen molar-refractivity contribution in [3.05, 3.63) is 65.7 Å². The van der Waals surface area contributed by atoms with E-state index in [-0.39, 0.29) is 29.7 Å². The largest absolute Gasteiger partial charge is 0.354 e. The molecule has 1 unspecified atom stereocenters. The average molecular weight is 393 g/mol. The number of hydrogen-bond acceptors (Lipinski definition) is 3. The number of benzene rings is 2. The van der Waals surface area contributed by atoms with Crippen LogP contribution in [0.5, 0.6) is 0 Å². The van der Waals surface area contributed by atoms with Crippen LogP contribution in [0.3, 0.4) is 0 Å². The number of nitrogens with one attached hydrogen (secondary N) is 2. The average Bonchev–Trinajstić information content (AvgIpc) is 2.73. The monoisotopic (exact) mass is 393 g/mol. The fourth-order valence-corrected chi connectivity index (χ4v) is 3.48. The van der Waals surface area contributed by atoms with Gasteiger partial charge in [-0.15, -0.1) is 0 Å². The molecule has 1 saturated heterocycles. The fourth-order valence-electron chi connectivity index (χ4n) is 3.48. The van der Waals surface area contributed by atoms with Gasteiger partial charge in [-0.1, -0.05) is 24.3 Å². The number of piperidine rings is 1. The van der Waals surface area contributed by atoms with Crippen molar-refractivity contribution in [1.29, 1.82) is 0 Å². The zero-order chi connectivity index (χ0) is 20.8. The summed E-state index contributed by atoms with van der Waals surface area (Å²) < 4.78 is 0. The zero-order valence-corrected chi connectivity index (χ0v) is 16.9. The molecule has 1 atom stereocenters. The van der Waals surface area contributed by atoms with Crippen molar-refractivity contribution in [2.24, 2.45) is 5.92 Å². The number of hydrogen-bond donors (Lipinski definition) is 2. The van der Waals surface area contributed by atoms with Gasteiger partial charge in [0.2, 0.25) is 5.91 Å². The van der Waals surface area contributed by atoms with Crippen molar-refractivity contribution in [2.75, 3.05) is 18.4 Å². The van der Waals surface area contributed by atoms with Crippen molar-refractivity contribution < 1.29 is 14.4 Å². The molecule has 152 valence electrons. The van der Waals surface area contributed by atoms with E-state index in [1.807, 2.05) is 19.9 Å². The minimum Gasteiger partial charge on any atom is -0.354 e. The lowest BCUT2D eigenvalue weighted by atomic mass is 9.96. The number of likely N-dealkylation sites (tertiary alicyclic amines) is 1. The molecule has 0 spiro atoms. The lowest BCUT2D eigenvalue weighted by Gasteiger charge is -2.32. The van der Waals surface area contributed by atoms with Crippen LogP contribution >= 0.6 is 0 Å². The number of carbonyl (C=O) groups is 3. The molecular weight excluding hydrogens is 366 g/mol. The highest BCUT2D eigenvalue weighted by Crippen LogP contribution is 2.21. The van der Waals surface area contributed by atoms with Gasteiger partial charge in [-0.05, 0) is 57.0 Å². The van der Waals surface area contributed by atoms with Crippen LogP contribution < -0.4 is 10.6 Å². The number of anilines is 1. The molecule has 6 nitrogen and oxygen atoms in total. The summed E-state index contributed by atoms with van der Waals surface area (Å²) in [5.74, 6) is -0.529. The second kappa shape index (κ2) is 9.37. The van der Waals surface area contributed by atoms with Crippen LogP contribution in [0.25, 0.3) is 0 Å². The predicted octanol–water partition coefficient (Wildman–Crippen LogP) is 3.32. The number of amides is 3. The van der Waals surface area contributed by atoms with Gasteiger partial charge in [0, 0.05) is 35.9 Å². The van der Waals surface area contributed by atoms with Crippen LogP contribution in [0, 0.1) is 5.92 Å². The highest BCUT2D eigenvalue weighted by molar-refractivity contribution is 6.05. The molecule has 6 heteroatoms. The molecule has 1 aliphatic rings. The maximum atomic E-state index is 13.0. The second-order valence-electron chi connectivity index (χ2n) is 7.65. The SMILES string of the molecule is CC(C)NC(=O)C1CCCN(C(=O)c2cccc(NC(=O)c3ccccc3)c2)C1. The van der Waals surface area contributed by atoms with E-state index < -0.39 is 0 Å². The van der Waals surface area contributed by atoms with Gasteiger partial charge in [0.05, 0.1) is 5.92 Å². The molecular formula is C23H27N3O3. The number of rotatable bonds is 5. The summed E-state index contributed by atoms with van der Waals surface area (Å²) in [7, 11) is 0. The van der Waals surface area contributed by atoms with Crippen LogP contribution in [0.15, 0.2) is 54.6 Å². The van der Waals surface area contributed by atoms with Crippen LogP contribution in [-0.2, 0) is 4.79 Å². The van der Waals surface area contributed by atoms with E-state index in [1.165, 1.54) is 0 Å². The van der Waals surface area contributed by atoms with Crippen molar-refractivity contribution in [1.82, 2.24) is 10.2 Å². The molecule has 2 aromatic carbocycles. The summed E-state index contributed by atoms with van der Waals surface area (Å²) in [5, 5.41) is 5.76. The summed E-state index contributed by atoms with van der Waals surface area (Å²) in [6, 6.07) is 15.9. The minimum absolute atomic E-state index is 0.00127. The summed E-state index contributed by atoms with van der Waals surface area (Å²) in [6.07, 6.45) is 1.59. The molecule has 1 heterocycles. The Morgan fingerprint density at radius 2 is 1.72 bits per heavy atom. The first-order chi connectivity index (χ1) is 13.9. The molecule has 3 rings (SSSR count).